The van der Waals surface area contributed by atoms with Gasteiger partial charge in [-0.25, -0.2) is 4.98 Å². The summed E-state index contributed by atoms with van der Waals surface area (Å²) >= 11 is 0. The predicted molar refractivity (Wildman–Crippen MR) is 70.4 cm³/mol. The minimum atomic E-state index is 0.360. The van der Waals surface area contributed by atoms with Crippen LogP contribution in [0.25, 0.3) is 0 Å². The third kappa shape index (κ3) is 2.71. The molecule has 0 aromatic carbocycles. The Bertz CT molecular complexity index is 376. The van der Waals surface area contributed by atoms with Crippen molar-refractivity contribution in [3.8, 4) is 5.88 Å². The van der Waals surface area contributed by atoms with Gasteiger partial charge in [0, 0.05) is 12.2 Å². The zero-order valence-electron chi connectivity index (χ0n) is 11.0. The smallest absolute Gasteiger partial charge is 0.237 e. The predicted octanol–water partition coefficient (Wildman–Crippen LogP) is 3.47. The van der Waals surface area contributed by atoms with E-state index in [9.17, 15) is 0 Å². The molecule has 1 fully saturated rings. The highest BCUT2D eigenvalue weighted by Crippen LogP contribution is 2.39. The summed E-state index contributed by atoms with van der Waals surface area (Å²) in [6.45, 7) is 7.29. The molecule has 1 N–H and O–H groups in total. The Morgan fingerprint density at radius 1 is 1.53 bits per heavy atom. The van der Waals surface area contributed by atoms with Crippen molar-refractivity contribution in [3.63, 3.8) is 0 Å². The zero-order chi connectivity index (χ0) is 12.3. The SMILES string of the molecule is CCOc1ncccc1NC1CCCC1(C)C. The molecule has 17 heavy (non-hydrogen) atoms. The zero-order valence-corrected chi connectivity index (χ0v) is 11.0. The second kappa shape index (κ2) is 4.94. The summed E-state index contributed by atoms with van der Waals surface area (Å²) in [6.07, 6.45) is 5.59. The van der Waals surface area contributed by atoms with Crippen LogP contribution in [0.15, 0.2) is 18.3 Å². The van der Waals surface area contributed by atoms with Crippen LogP contribution in [0, 0.1) is 5.41 Å². The molecular formula is C14H22N2O. The Morgan fingerprint density at radius 2 is 2.35 bits per heavy atom. The maximum Gasteiger partial charge on any atom is 0.237 e. The summed E-state index contributed by atoms with van der Waals surface area (Å²) in [7, 11) is 0. The van der Waals surface area contributed by atoms with E-state index in [0.717, 1.165) is 11.6 Å². The molecular weight excluding hydrogens is 212 g/mol. The lowest BCUT2D eigenvalue weighted by Crippen LogP contribution is -2.31. The lowest BCUT2D eigenvalue weighted by molar-refractivity contribution is 0.323. The quantitative estimate of drug-likeness (QED) is 0.866. The van der Waals surface area contributed by atoms with Crippen molar-refractivity contribution in [1.29, 1.82) is 0 Å². The molecule has 0 saturated heterocycles. The Balaban J connectivity index is 2.12. The van der Waals surface area contributed by atoms with Crippen LogP contribution in [-0.4, -0.2) is 17.6 Å². The minimum absolute atomic E-state index is 0.360. The second-order valence-corrected chi connectivity index (χ2v) is 5.37. The molecule has 1 saturated carbocycles. The fourth-order valence-electron chi connectivity index (χ4n) is 2.53. The van der Waals surface area contributed by atoms with E-state index in [-0.39, 0.29) is 0 Å². The van der Waals surface area contributed by atoms with Gasteiger partial charge in [0.25, 0.3) is 0 Å². The lowest BCUT2D eigenvalue weighted by Gasteiger charge is -2.29. The summed E-state index contributed by atoms with van der Waals surface area (Å²) < 4.78 is 5.54. The average molecular weight is 234 g/mol. The van der Waals surface area contributed by atoms with Gasteiger partial charge in [0.15, 0.2) is 0 Å². The van der Waals surface area contributed by atoms with Crippen LogP contribution in [0.4, 0.5) is 5.69 Å². The van der Waals surface area contributed by atoms with E-state index >= 15 is 0 Å². The van der Waals surface area contributed by atoms with Crippen molar-refractivity contribution in [1.82, 2.24) is 4.98 Å². The van der Waals surface area contributed by atoms with Crippen LogP contribution in [-0.2, 0) is 0 Å². The standard InChI is InChI=1S/C14H22N2O/c1-4-17-13-11(7-6-10-15-13)16-12-8-5-9-14(12,2)3/h6-7,10,12,16H,4-5,8-9H2,1-3H3. The molecule has 3 nitrogen and oxygen atoms in total. The van der Waals surface area contributed by atoms with Gasteiger partial charge < -0.3 is 10.1 Å². The van der Waals surface area contributed by atoms with Crippen molar-refractivity contribution < 1.29 is 4.74 Å². The Labute approximate surface area is 104 Å². The van der Waals surface area contributed by atoms with Crippen molar-refractivity contribution in [2.45, 2.75) is 46.1 Å². The first kappa shape index (κ1) is 12.2. The number of rotatable bonds is 4. The van der Waals surface area contributed by atoms with Crippen LogP contribution >= 0.6 is 0 Å². The van der Waals surface area contributed by atoms with Gasteiger partial charge in [-0.2, -0.15) is 0 Å². The highest BCUT2D eigenvalue weighted by atomic mass is 16.5. The topological polar surface area (TPSA) is 34.1 Å². The summed E-state index contributed by atoms with van der Waals surface area (Å²) in [5.74, 6) is 0.720. The molecule has 1 aromatic heterocycles. The Hall–Kier alpha value is -1.25. The molecule has 1 unspecified atom stereocenters. The number of anilines is 1. The molecule has 2 rings (SSSR count). The first-order chi connectivity index (χ1) is 8.13. The second-order valence-electron chi connectivity index (χ2n) is 5.37. The Morgan fingerprint density at radius 3 is 3.00 bits per heavy atom. The highest BCUT2D eigenvalue weighted by molar-refractivity contribution is 5.53. The van der Waals surface area contributed by atoms with Gasteiger partial charge in [0.1, 0.15) is 0 Å². The normalized spacial score (nSPS) is 22.4. The van der Waals surface area contributed by atoms with Gasteiger partial charge in [0.05, 0.1) is 12.3 Å². The van der Waals surface area contributed by atoms with E-state index in [1.165, 1.54) is 19.3 Å². The van der Waals surface area contributed by atoms with Gasteiger partial charge in [-0.3, -0.25) is 0 Å². The molecule has 0 spiro atoms. The fourth-order valence-corrected chi connectivity index (χ4v) is 2.53. The Kier molecular flexibility index (Phi) is 3.55. The summed E-state index contributed by atoms with van der Waals surface area (Å²) in [5, 5.41) is 3.60. The number of ether oxygens (including phenoxy) is 1. The van der Waals surface area contributed by atoms with Gasteiger partial charge >= 0.3 is 0 Å². The summed E-state index contributed by atoms with van der Waals surface area (Å²) in [6, 6.07) is 4.52. The van der Waals surface area contributed by atoms with Crippen molar-refractivity contribution in [3.05, 3.63) is 18.3 Å². The highest BCUT2D eigenvalue weighted by Gasteiger charge is 2.34. The number of nitrogens with zero attached hydrogens (tertiary/aromatic N) is 1. The summed E-state index contributed by atoms with van der Waals surface area (Å²) in [4.78, 5) is 4.27. The van der Waals surface area contributed by atoms with Crippen LogP contribution in [0.5, 0.6) is 5.88 Å². The van der Waals surface area contributed by atoms with Crippen molar-refractivity contribution in [2.24, 2.45) is 5.41 Å². The largest absolute Gasteiger partial charge is 0.476 e. The molecule has 1 heterocycles. The van der Waals surface area contributed by atoms with Crippen LogP contribution in [0.1, 0.15) is 40.0 Å². The van der Waals surface area contributed by atoms with Crippen molar-refractivity contribution in [2.75, 3.05) is 11.9 Å². The van der Waals surface area contributed by atoms with E-state index in [0.29, 0.717) is 18.1 Å². The fraction of sp³-hybridized carbons (Fsp3) is 0.643. The molecule has 1 aliphatic rings. The molecule has 0 amide bonds. The number of hydrogen-bond acceptors (Lipinski definition) is 3. The molecule has 3 heteroatoms. The molecule has 1 aliphatic carbocycles. The van der Waals surface area contributed by atoms with E-state index in [2.05, 4.69) is 24.1 Å². The van der Waals surface area contributed by atoms with Gasteiger partial charge in [-0.1, -0.05) is 20.3 Å². The number of hydrogen-bond donors (Lipinski definition) is 1. The maximum absolute atomic E-state index is 5.54. The molecule has 1 aromatic rings. The van der Waals surface area contributed by atoms with Gasteiger partial charge in [-0.15, -0.1) is 0 Å². The number of pyridine rings is 1. The van der Waals surface area contributed by atoms with Gasteiger partial charge in [-0.05, 0) is 37.3 Å². The first-order valence-electron chi connectivity index (χ1n) is 6.48. The number of nitrogens with one attached hydrogen (secondary N) is 1. The molecule has 0 bridgehead atoms. The monoisotopic (exact) mass is 234 g/mol. The van der Waals surface area contributed by atoms with Gasteiger partial charge in [0.2, 0.25) is 5.88 Å². The maximum atomic E-state index is 5.54. The molecule has 94 valence electrons. The third-order valence-electron chi connectivity index (χ3n) is 3.64. The van der Waals surface area contributed by atoms with E-state index in [4.69, 9.17) is 4.74 Å². The summed E-state index contributed by atoms with van der Waals surface area (Å²) in [5.41, 5.74) is 1.38. The van der Waals surface area contributed by atoms with E-state index in [1.807, 2.05) is 19.1 Å². The minimum Gasteiger partial charge on any atom is -0.476 e. The van der Waals surface area contributed by atoms with E-state index < -0.39 is 0 Å². The van der Waals surface area contributed by atoms with Crippen LogP contribution in [0.2, 0.25) is 0 Å². The van der Waals surface area contributed by atoms with Crippen molar-refractivity contribution >= 4 is 5.69 Å². The lowest BCUT2D eigenvalue weighted by atomic mass is 9.87. The number of aromatic nitrogens is 1. The third-order valence-corrected chi connectivity index (χ3v) is 3.64. The molecule has 0 radical (unpaired) electrons. The first-order valence-corrected chi connectivity index (χ1v) is 6.48. The molecule has 1 atom stereocenters. The molecule has 0 aliphatic heterocycles. The average Bonchev–Trinajstić information content (AvgIpc) is 2.61. The van der Waals surface area contributed by atoms with E-state index in [1.54, 1.807) is 6.20 Å². The van der Waals surface area contributed by atoms with Crippen LogP contribution in [0.3, 0.4) is 0 Å². The van der Waals surface area contributed by atoms with Crippen LogP contribution < -0.4 is 10.1 Å².